The van der Waals surface area contributed by atoms with E-state index in [0.717, 1.165) is 35.5 Å². The van der Waals surface area contributed by atoms with Crippen molar-refractivity contribution in [3.8, 4) is 10.8 Å². The third-order valence-corrected chi connectivity index (χ3v) is 8.56. The predicted octanol–water partition coefficient (Wildman–Crippen LogP) is 7.26. The molecular formula is C30H31N3O2S. The lowest BCUT2D eigenvalue weighted by Gasteiger charge is -2.31. The van der Waals surface area contributed by atoms with E-state index in [9.17, 15) is 4.79 Å². The number of urea groups is 1. The molecule has 1 aliphatic heterocycles. The first kappa shape index (κ1) is 22.9. The van der Waals surface area contributed by atoms with Gasteiger partial charge in [0.25, 0.3) is 0 Å². The van der Waals surface area contributed by atoms with E-state index in [1.54, 1.807) is 0 Å². The Morgan fingerprint density at radius 2 is 1.89 bits per heavy atom. The standard InChI is InChI=1S/C30H31N3O2S/c1-3-35-23-9-6-8-21(18-23)28-26-11-7-17-32(26)29-25(24-10-4-5-12-27(24)36-29)19-33(28)30(34)31-22-15-13-20(2)14-16-22/h6-9,11,13-18,28H,3-5,10,12,19H2,1-2H3,(H,31,34)/t28-/m1/s1. The van der Waals surface area contributed by atoms with Gasteiger partial charge in [0, 0.05) is 22.3 Å². The molecule has 1 atom stereocenters. The summed E-state index contributed by atoms with van der Waals surface area (Å²) in [5.74, 6) is 0.823. The third kappa shape index (κ3) is 4.09. The maximum absolute atomic E-state index is 14.0. The van der Waals surface area contributed by atoms with E-state index in [1.165, 1.54) is 39.4 Å². The molecule has 3 heterocycles. The molecule has 2 amide bonds. The van der Waals surface area contributed by atoms with Gasteiger partial charge in [-0.25, -0.2) is 4.79 Å². The molecule has 0 fully saturated rings. The fraction of sp³-hybridized carbons (Fsp3) is 0.300. The molecule has 6 rings (SSSR count). The molecule has 0 spiro atoms. The average molecular weight is 498 g/mol. The van der Waals surface area contributed by atoms with Crippen LogP contribution in [0.3, 0.4) is 0 Å². The number of ether oxygens (including phenoxy) is 1. The fourth-order valence-corrected chi connectivity index (χ4v) is 6.91. The number of aryl methyl sites for hydroxylation is 2. The fourth-order valence-electron chi connectivity index (χ4n) is 5.51. The number of carbonyl (C=O) groups is 1. The number of amides is 2. The van der Waals surface area contributed by atoms with Crippen molar-refractivity contribution < 1.29 is 9.53 Å². The van der Waals surface area contributed by atoms with Crippen molar-refractivity contribution in [1.82, 2.24) is 9.47 Å². The number of fused-ring (bicyclic) bond motifs is 5. The van der Waals surface area contributed by atoms with Gasteiger partial charge in [-0.2, -0.15) is 0 Å². The number of hydrogen-bond acceptors (Lipinski definition) is 3. The molecule has 1 aliphatic carbocycles. The molecule has 2 aromatic carbocycles. The average Bonchev–Trinajstić information content (AvgIpc) is 3.47. The van der Waals surface area contributed by atoms with Gasteiger partial charge in [0.1, 0.15) is 10.8 Å². The van der Waals surface area contributed by atoms with Crippen LogP contribution in [0.15, 0.2) is 66.9 Å². The summed E-state index contributed by atoms with van der Waals surface area (Å²) < 4.78 is 8.15. The first-order chi connectivity index (χ1) is 17.6. The highest BCUT2D eigenvalue weighted by atomic mass is 32.1. The minimum absolute atomic E-state index is 0.0953. The number of anilines is 1. The normalized spacial score (nSPS) is 16.5. The number of hydrogen-bond donors (Lipinski definition) is 1. The Morgan fingerprint density at radius 1 is 1.06 bits per heavy atom. The predicted molar refractivity (Wildman–Crippen MR) is 145 cm³/mol. The Hall–Kier alpha value is -3.51. The summed E-state index contributed by atoms with van der Waals surface area (Å²) in [6.07, 6.45) is 6.84. The van der Waals surface area contributed by atoms with Gasteiger partial charge >= 0.3 is 6.03 Å². The van der Waals surface area contributed by atoms with Gasteiger partial charge in [-0.05, 0) is 87.1 Å². The van der Waals surface area contributed by atoms with Gasteiger partial charge in [-0.1, -0.05) is 29.8 Å². The SMILES string of the molecule is CCOc1cccc([C@@H]2c3cccn3-c3sc4c(c3CN2C(=O)Nc2ccc(C)cc2)CCCC4)c1. The number of nitrogens with one attached hydrogen (secondary N) is 1. The molecule has 2 aromatic heterocycles. The molecule has 2 aliphatic rings. The molecule has 6 heteroatoms. The summed E-state index contributed by atoms with van der Waals surface area (Å²) in [4.78, 5) is 17.5. The maximum atomic E-state index is 14.0. The molecule has 4 aromatic rings. The molecule has 0 saturated heterocycles. The van der Waals surface area contributed by atoms with Crippen LogP contribution in [0.5, 0.6) is 5.75 Å². The second-order valence-electron chi connectivity index (χ2n) is 9.63. The van der Waals surface area contributed by atoms with Crippen molar-refractivity contribution >= 4 is 23.1 Å². The van der Waals surface area contributed by atoms with Crippen LogP contribution in [0.1, 0.15) is 58.6 Å². The van der Waals surface area contributed by atoms with Crippen molar-refractivity contribution in [3.05, 3.63) is 99.7 Å². The van der Waals surface area contributed by atoms with Gasteiger partial charge in [-0.3, -0.25) is 0 Å². The molecule has 0 bridgehead atoms. The lowest BCUT2D eigenvalue weighted by atomic mass is 9.95. The monoisotopic (exact) mass is 497 g/mol. The van der Waals surface area contributed by atoms with Crippen molar-refractivity contribution in [2.75, 3.05) is 11.9 Å². The highest BCUT2D eigenvalue weighted by Gasteiger charge is 2.36. The van der Waals surface area contributed by atoms with Crippen LogP contribution in [0.4, 0.5) is 10.5 Å². The third-order valence-electron chi connectivity index (χ3n) is 7.23. The minimum Gasteiger partial charge on any atom is -0.494 e. The summed E-state index contributed by atoms with van der Waals surface area (Å²) in [7, 11) is 0. The molecule has 0 radical (unpaired) electrons. The quantitative estimate of drug-likeness (QED) is 0.322. The summed E-state index contributed by atoms with van der Waals surface area (Å²) in [5.41, 5.74) is 6.87. The number of rotatable bonds is 4. The molecule has 0 unspecified atom stereocenters. The Kier molecular flexibility index (Phi) is 6.05. The van der Waals surface area contributed by atoms with Crippen LogP contribution in [-0.4, -0.2) is 22.1 Å². The Balaban J connectivity index is 1.48. The van der Waals surface area contributed by atoms with Gasteiger partial charge in [0.15, 0.2) is 0 Å². The summed E-state index contributed by atoms with van der Waals surface area (Å²) in [5, 5.41) is 4.44. The van der Waals surface area contributed by atoms with Crippen LogP contribution < -0.4 is 10.1 Å². The molecule has 36 heavy (non-hydrogen) atoms. The molecular weight excluding hydrogens is 466 g/mol. The van der Waals surface area contributed by atoms with E-state index in [2.05, 4.69) is 47.3 Å². The van der Waals surface area contributed by atoms with Gasteiger partial charge < -0.3 is 19.5 Å². The lowest BCUT2D eigenvalue weighted by molar-refractivity contribution is 0.194. The smallest absolute Gasteiger partial charge is 0.322 e. The highest BCUT2D eigenvalue weighted by Crippen LogP contribution is 2.44. The first-order valence-electron chi connectivity index (χ1n) is 12.8. The van der Waals surface area contributed by atoms with Crippen molar-refractivity contribution in [3.63, 3.8) is 0 Å². The van der Waals surface area contributed by atoms with Crippen molar-refractivity contribution in [1.29, 1.82) is 0 Å². The first-order valence-corrected chi connectivity index (χ1v) is 13.6. The number of benzene rings is 2. The van der Waals surface area contributed by atoms with Crippen LogP contribution in [0.2, 0.25) is 0 Å². The van der Waals surface area contributed by atoms with Crippen molar-refractivity contribution in [2.24, 2.45) is 0 Å². The van der Waals surface area contributed by atoms with E-state index in [-0.39, 0.29) is 12.1 Å². The van der Waals surface area contributed by atoms with Crippen molar-refractivity contribution in [2.45, 2.75) is 52.1 Å². The molecule has 184 valence electrons. The summed E-state index contributed by atoms with van der Waals surface area (Å²) in [6, 6.07) is 20.1. The van der Waals surface area contributed by atoms with Gasteiger partial charge in [-0.15, -0.1) is 11.3 Å². The van der Waals surface area contributed by atoms with Gasteiger partial charge in [0.05, 0.1) is 24.9 Å². The second-order valence-corrected chi connectivity index (χ2v) is 10.7. The number of thiophene rings is 1. The van der Waals surface area contributed by atoms with Gasteiger partial charge in [0.2, 0.25) is 0 Å². The van der Waals surface area contributed by atoms with E-state index >= 15 is 0 Å². The van der Waals surface area contributed by atoms with E-state index in [0.29, 0.717) is 13.2 Å². The molecule has 1 N–H and O–H groups in total. The molecule has 5 nitrogen and oxygen atoms in total. The topological polar surface area (TPSA) is 46.5 Å². The van der Waals surface area contributed by atoms with E-state index in [4.69, 9.17) is 4.74 Å². The zero-order valence-corrected chi connectivity index (χ0v) is 21.6. The van der Waals surface area contributed by atoms with Crippen LogP contribution >= 0.6 is 11.3 Å². The minimum atomic E-state index is -0.246. The number of aromatic nitrogens is 1. The Bertz CT molecular complexity index is 1400. The van der Waals surface area contributed by atoms with Crippen LogP contribution in [-0.2, 0) is 19.4 Å². The van der Waals surface area contributed by atoms with Crippen LogP contribution in [0, 0.1) is 6.92 Å². The Morgan fingerprint density at radius 3 is 2.72 bits per heavy atom. The zero-order valence-electron chi connectivity index (χ0n) is 20.8. The lowest BCUT2D eigenvalue weighted by Crippen LogP contribution is -2.38. The maximum Gasteiger partial charge on any atom is 0.322 e. The molecule has 0 saturated carbocycles. The van der Waals surface area contributed by atoms with E-state index < -0.39 is 0 Å². The highest BCUT2D eigenvalue weighted by molar-refractivity contribution is 7.15. The largest absolute Gasteiger partial charge is 0.494 e. The number of carbonyl (C=O) groups excluding carboxylic acids is 1. The zero-order chi connectivity index (χ0) is 24.6. The number of nitrogens with zero attached hydrogens (tertiary/aromatic N) is 2. The van der Waals surface area contributed by atoms with E-state index in [1.807, 2.05) is 59.6 Å². The second kappa shape index (κ2) is 9.51. The summed E-state index contributed by atoms with van der Waals surface area (Å²) >= 11 is 1.91. The van der Waals surface area contributed by atoms with Crippen LogP contribution in [0.25, 0.3) is 5.00 Å². The summed E-state index contributed by atoms with van der Waals surface area (Å²) in [6.45, 7) is 5.22. The Labute approximate surface area is 216 Å².